The summed E-state index contributed by atoms with van der Waals surface area (Å²) in [7, 11) is 0. The summed E-state index contributed by atoms with van der Waals surface area (Å²) in [6.45, 7) is 6.50. The molecule has 0 saturated carbocycles. The Hall–Kier alpha value is -3.05. The summed E-state index contributed by atoms with van der Waals surface area (Å²) in [6.07, 6.45) is 2.10. The first kappa shape index (κ1) is 19.0. The van der Waals surface area contributed by atoms with Gasteiger partial charge in [0, 0.05) is 0 Å². The zero-order valence-electron chi connectivity index (χ0n) is 12.6. The normalized spacial score (nSPS) is 9.04. The molecule has 0 saturated heterocycles. The first-order chi connectivity index (χ1) is 11.5. The van der Waals surface area contributed by atoms with Gasteiger partial charge in [-0.15, -0.1) is 0 Å². The third-order valence-electron chi connectivity index (χ3n) is 2.60. The lowest BCUT2D eigenvalue weighted by Crippen LogP contribution is -2.00. The van der Waals surface area contributed by atoms with Crippen LogP contribution in [0.5, 0.6) is 5.75 Å². The van der Waals surface area contributed by atoms with Gasteiger partial charge in [-0.05, 0) is 24.3 Å². The number of hydrogen-bond donors (Lipinski definition) is 1. The van der Waals surface area contributed by atoms with Crippen LogP contribution in [0.2, 0.25) is 5.02 Å². The van der Waals surface area contributed by atoms with Crippen LogP contribution in [-0.4, -0.2) is 17.0 Å². The van der Waals surface area contributed by atoms with E-state index in [-0.39, 0.29) is 11.3 Å². The van der Waals surface area contributed by atoms with Crippen molar-refractivity contribution in [3.63, 3.8) is 0 Å². The average Bonchev–Trinajstić information content (AvgIpc) is 2.56. The summed E-state index contributed by atoms with van der Waals surface area (Å²) in [5.41, 5.74) is 0.483. The van der Waals surface area contributed by atoms with E-state index in [4.69, 9.17) is 11.6 Å². The largest absolute Gasteiger partial charge is 0.507 e. The lowest BCUT2D eigenvalue weighted by Gasteiger charge is -2.00. The van der Waals surface area contributed by atoms with Crippen LogP contribution in [0.1, 0.15) is 20.7 Å². The SMILES string of the molecule is C=COC(=O)c1ccccc1Cl.C=COC(=O)c1ccccc1O. The number of phenolic OH excluding ortho intramolecular Hbond substituents is 1. The van der Waals surface area contributed by atoms with Gasteiger partial charge in [-0.25, -0.2) is 9.59 Å². The number of esters is 2. The molecule has 0 aliphatic heterocycles. The molecule has 0 spiro atoms. The lowest BCUT2D eigenvalue weighted by atomic mass is 10.2. The maximum absolute atomic E-state index is 11.1. The van der Waals surface area contributed by atoms with Crippen molar-refractivity contribution in [2.45, 2.75) is 0 Å². The van der Waals surface area contributed by atoms with Crippen molar-refractivity contribution in [2.75, 3.05) is 0 Å². The van der Waals surface area contributed by atoms with Gasteiger partial charge in [0.05, 0.1) is 23.1 Å². The van der Waals surface area contributed by atoms with E-state index in [1.807, 2.05) is 0 Å². The van der Waals surface area contributed by atoms with Crippen molar-refractivity contribution in [1.82, 2.24) is 0 Å². The number of aromatic hydroxyl groups is 1. The molecule has 0 aromatic heterocycles. The number of para-hydroxylation sites is 1. The quantitative estimate of drug-likeness (QED) is 0.658. The summed E-state index contributed by atoms with van der Waals surface area (Å²) in [5, 5.41) is 9.55. The molecule has 24 heavy (non-hydrogen) atoms. The molecule has 1 N–H and O–H groups in total. The molecule has 0 unspecified atom stereocenters. The molecule has 0 radical (unpaired) electrons. The Balaban J connectivity index is 0.000000240. The Morgan fingerprint density at radius 1 is 0.875 bits per heavy atom. The summed E-state index contributed by atoms with van der Waals surface area (Å²) >= 11 is 5.72. The second-order valence-corrected chi connectivity index (χ2v) is 4.55. The number of benzene rings is 2. The highest BCUT2D eigenvalue weighted by Gasteiger charge is 2.09. The lowest BCUT2D eigenvalue weighted by molar-refractivity contribution is 0.0652. The maximum atomic E-state index is 11.1. The molecule has 0 atom stereocenters. The van der Waals surface area contributed by atoms with Gasteiger partial charge in [0.25, 0.3) is 0 Å². The van der Waals surface area contributed by atoms with Gasteiger partial charge >= 0.3 is 11.9 Å². The fourth-order valence-electron chi connectivity index (χ4n) is 1.55. The van der Waals surface area contributed by atoms with E-state index >= 15 is 0 Å². The first-order valence-corrected chi connectivity index (χ1v) is 7.05. The first-order valence-electron chi connectivity index (χ1n) is 6.67. The number of carbonyl (C=O) groups is 2. The molecule has 0 aliphatic carbocycles. The zero-order chi connectivity index (χ0) is 17.9. The number of carbonyl (C=O) groups excluding carboxylic acids is 2. The molecule has 0 bridgehead atoms. The molecule has 0 aliphatic rings. The molecular weight excluding hydrogens is 332 g/mol. The van der Waals surface area contributed by atoms with Crippen LogP contribution < -0.4 is 0 Å². The van der Waals surface area contributed by atoms with Crippen LogP contribution in [0.3, 0.4) is 0 Å². The van der Waals surface area contributed by atoms with Gasteiger partial charge in [-0.3, -0.25) is 0 Å². The summed E-state index contributed by atoms with van der Waals surface area (Å²) in [4.78, 5) is 22.1. The molecule has 0 fully saturated rings. The van der Waals surface area contributed by atoms with E-state index in [9.17, 15) is 14.7 Å². The number of ether oxygens (including phenoxy) is 2. The number of halogens is 1. The molecule has 2 rings (SSSR count). The van der Waals surface area contributed by atoms with Crippen molar-refractivity contribution >= 4 is 23.5 Å². The highest BCUT2D eigenvalue weighted by Crippen LogP contribution is 2.16. The van der Waals surface area contributed by atoms with Gasteiger partial charge in [0.1, 0.15) is 11.3 Å². The monoisotopic (exact) mass is 346 g/mol. The van der Waals surface area contributed by atoms with Crippen LogP contribution in [0.15, 0.2) is 74.2 Å². The van der Waals surface area contributed by atoms with Crippen molar-refractivity contribution < 1.29 is 24.2 Å². The predicted octanol–water partition coefficient (Wildman–Crippen LogP) is 4.33. The summed E-state index contributed by atoms with van der Waals surface area (Å²) in [6, 6.07) is 12.8. The number of phenols is 1. The van der Waals surface area contributed by atoms with E-state index in [1.165, 1.54) is 12.1 Å². The van der Waals surface area contributed by atoms with E-state index in [2.05, 4.69) is 22.6 Å². The van der Waals surface area contributed by atoms with Crippen LogP contribution >= 0.6 is 11.6 Å². The summed E-state index contributed by atoms with van der Waals surface area (Å²) < 4.78 is 9.02. The zero-order valence-corrected chi connectivity index (χ0v) is 13.4. The average molecular weight is 347 g/mol. The Morgan fingerprint density at radius 2 is 1.33 bits per heavy atom. The molecule has 2 aromatic carbocycles. The van der Waals surface area contributed by atoms with Crippen LogP contribution in [0.4, 0.5) is 0 Å². The minimum atomic E-state index is -0.608. The Bertz CT molecular complexity index is 676. The fraction of sp³-hybridized carbons (Fsp3) is 0. The topological polar surface area (TPSA) is 72.8 Å². The third-order valence-corrected chi connectivity index (χ3v) is 2.93. The van der Waals surface area contributed by atoms with Crippen LogP contribution in [0.25, 0.3) is 0 Å². The van der Waals surface area contributed by atoms with Crippen LogP contribution in [-0.2, 0) is 9.47 Å². The second kappa shape index (κ2) is 9.86. The molecule has 2 aromatic rings. The predicted molar refractivity (Wildman–Crippen MR) is 90.8 cm³/mol. The third kappa shape index (κ3) is 5.62. The van der Waals surface area contributed by atoms with Gasteiger partial charge < -0.3 is 14.6 Å². The number of hydrogen-bond acceptors (Lipinski definition) is 5. The maximum Gasteiger partial charge on any atom is 0.346 e. The second-order valence-electron chi connectivity index (χ2n) is 4.14. The molecular formula is C18H15ClO5. The van der Waals surface area contributed by atoms with Crippen molar-refractivity contribution in [2.24, 2.45) is 0 Å². The van der Waals surface area contributed by atoms with E-state index in [0.29, 0.717) is 10.6 Å². The highest BCUT2D eigenvalue weighted by atomic mass is 35.5. The smallest absolute Gasteiger partial charge is 0.346 e. The standard InChI is InChI=1S/C9H7ClO2.C9H8O3/c2*1-2-12-9(11)7-5-3-4-6-8(7)10/h2-6H,1H2;2-6,10H,1H2. The van der Waals surface area contributed by atoms with Gasteiger partial charge in [-0.1, -0.05) is 49.0 Å². The number of rotatable bonds is 4. The van der Waals surface area contributed by atoms with Gasteiger partial charge in [0.15, 0.2) is 0 Å². The highest BCUT2D eigenvalue weighted by molar-refractivity contribution is 6.33. The molecule has 124 valence electrons. The Kier molecular flexibility index (Phi) is 7.81. The molecule has 6 heteroatoms. The van der Waals surface area contributed by atoms with E-state index < -0.39 is 11.9 Å². The van der Waals surface area contributed by atoms with E-state index in [1.54, 1.807) is 36.4 Å². The minimum Gasteiger partial charge on any atom is -0.507 e. The molecule has 0 amide bonds. The van der Waals surface area contributed by atoms with E-state index in [0.717, 1.165) is 12.5 Å². The molecule has 5 nitrogen and oxygen atoms in total. The Labute approximate surface area is 144 Å². The minimum absolute atomic E-state index is 0.0932. The van der Waals surface area contributed by atoms with Crippen LogP contribution in [0, 0.1) is 0 Å². The molecule has 0 heterocycles. The Morgan fingerprint density at radius 3 is 1.83 bits per heavy atom. The van der Waals surface area contributed by atoms with Crippen molar-refractivity contribution in [3.8, 4) is 5.75 Å². The summed E-state index contributed by atoms with van der Waals surface area (Å²) in [5.74, 6) is -1.19. The van der Waals surface area contributed by atoms with Crippen molar-refractivity contribution in [3.05, 3.63) is 90.4 Å². The fourth-order valence-corrected chi connectivity index (χ4v) is 1.76. The van der Waals surface area contributed by atoms with Gasteiger partial charge in [-0.2, -0.15) is 0 Å². The van der Waals surface area contributed by atoms with Crippen molar-refractivity contribution in [1.29, 1.82) is 0 Å². The van der Waals surface area contributed by atoms with Gasteiger partial charge in [0.2, 0.25) is 0 Å².